The van der Waals surface area contributed by atoms with Gasteiger partial charge in [-0.1, -0.05) is 11.1 Å². The third-order valence-electron chi connectivity index (χ3n) is 6.31. The first-order valence-electron chi connectivity index (χ1n) is 10.3. The van der Waals surface area contributed by atoms with Gasteiger partial charge in [0, 0.05) is 13.2 Å². The summed E-state index contributed by atoms with van der Waals surface area (Å²) in [6.45, 7) is 4.14. The SMILES string of the molecule is CC(C)=C1[C@H]2CC[C@@H]1[C@H](C(=O)O)[C@@H]2C(=O)Nc1cn(C)nc1C(=O)NCc1ccco1. The van der Waals surface area contributed by atoms with Crippen LogP contribution in [0.2, 0.25) is 0 Å². The van der Waals surface area contributed by atoms with E-state index in [-0.39, 0.29) is 35.7 Å². The average Bonchev–Trinajstić information content (AvgIpc) is 3.48. The molecule has 0 saturated heterocycles. The molecule has 2 aromatic heterocycles. The second-order valence-corrected chi connectivity index (χ2v) is 8.45. The highest BCUT2D eigenvalue weighted by molar-refractivity contribution is 6.03. The van der Waals surface area contributed by atoms with Crippen molar-refractivity contribution < 1.29 is 23.9 Å². The van der Waals surface area contributed by atoms with Gasteiger partial charge >= 0.3 is 5.97 Å². The molecule has 4 rings (SSSR count). The number of furan rings is 1. The number of aryl methyl sites for hydroxylation is 1. The van der Waals surface area contributed by atoms with Crippen molar-refractivity contribution in [1.82, 2.24) is 15.1 Å². The van der Waals surface area contributed by atoms with Crippen LogP contribution >= 0.6 is 0 Å². The third kappa shape index (κ3) is 3.75. The molecule has 2 amide bonds. The van der Waals surface area contributed by atoms with E-state index in [1.807, 2.05) is 13.8 Å². The van der Waals surface area contributed by atoms with Crippen molar-refractivity contribution in [1.29, 1.82) is 0 Å². The van der Waals surface area contributed by atoms with Crippen molar-refractivity contribution in [2.24, 2.45) is 30.7 Å². The molecule has 2 bridgehead atoms. The number of allylic oxidation sites excluding steroid dienone is 2. The fourth-order valence-corrected chi connectivity index (χ4v) is 5.23. The van der Waals surface area contributed by atoms with Gasteiger partial charge in [0.25, 0.3) is 5.91 Å². The summed E-state index contributed by atoms with van der Waals surface area (Å²) in [4.78, 5) is 37.9. The number of hydrogen-bond acceptors (Lipinski definition) is 5. The number of carboxylic acid groups (broad SMARTS) is 1. The largest absolute Gasteiger partial charge is 0.481 e. The lowest BCUT2D eigenvalue weighted by Gasteiger charge is -2.26. The molecule has 2 aliphatic rings. The summed E-state index contributed by atoms with van der Waals surface area (Å²) in [6, 6.07) is 3.46. The molecule has 4 atom stereocenters. The number of amides is 2. The number of hydrogen-bond donors (Lipinski definition) is 3. The maximum absolute atomic E-state index is 13.2. The number of aliphatic carboxylic acids is 1. The van der Waals surface area contributed by atoms with Gasteiger partial charge in [0.2, 0.25) is 5.91 Å². The van der Waals surface area contributed by atoms with Crippen molar-refractivity contribution in [2.45, 2.75) is 33.2 Å². The smallest absolute Gasteiger partial charge is 0.307 e. The van der Waals surface area contributed by atoms with Gasteiger partial charge in [-0.25, -0.2) is 0 Å². The van der Waals surface area contributed by atoms with E-state index in [9.17, 15) is 19.5 Å². The zero-order valence-corrected chi connectivity index (χ0v) is 17.7. The van der Waals surface area contributed by atoms with Gasteiger partial charge in [-0.3, -0.25) is 19.1 Å². The lowest BCUT2D eigenvalue weighted by atomic mass is 9.78. The molecule has 31 heavy (non-hydrogen) atoms. The van der Waals surface area contributed by atoms with Crippen LogP contribution in [-0.2, 0) is 23.2 Å². The van der Waals surface area contributed by atoms with E-state index >= 15 is 0 Å². The van der Waals surface area contributed by atoms with Crippen LogP contribution in [0.3, 0.4) is 0 Å². The number of carbonyl (C=O) groups excluding carboxylic acids is 2. The number of fused-ring (bicyclic) bond motifs is 2. The van der Waals surface area contributed by atoms with Crippen LogP contribution < -0.4 is 10.6 Å². The van der Waals surface area contributed by atoms with Crippen molar-refractivity contribution in [3.8, 4) is 0 Å². The minimum Gasteiger partial charge on any atom is -0.481 e. The van der Waals surface area contributed by atoms with Crippen LogP contribution in [0.25, 0.3) is 0 Å². The zero-order chi connectivity index (χ0) is 22.3. The van der Waals surface area contributed by atoms with E-state index < -0.39 is 23.7 Å². The minimum atomic E-state index is -0.950. The first-order valence-corrected chi connectivity index (χ1v) is 10.3. The molecule has 9 heteroatoms. The Balaban J connectivity index is 1.54. The van der Waals surface area contributed by atoms with Crippen LogP contribution in [-0.4, -0.2) is 32.7 Å². The summed E-state index contributed by atoms with van der Waals surface area (Å²) < 4.78 is 6.65. The minimum absolute atomic E-state index is 0.0693. The first-order chi connectivity index (χ1) is 14.8. The number of aromatic nitrogens is 2. The number of nitrogens with one attached hydrogen (secondary N) is 2. The highest BCUT2D eigenvalue weighted by atomic mass is 16.4. The fraction of sp³-hybridized carbons (Fsp3) is 0.455. The van der Waals surface area contributed by atoms with Crippen molar-refractivity contribution in [3.05, 3.63) is 47.2 Å². The summed E-state index contributed by atoms with van der Waals surface area (Å²) in [6.07, 6.45) is 4.66. The normalized spacial score (nSPS) is 24.3. The van der Waals surface area contributed by atoms with E-state index in [2.05, 4.69) is 15.7 Å². The summed E-state index contributed by atoms with van der Waals surface area (Å²) in [7, 11) is 1.65. The molecule has 0 radical (unpaired) electrons. The average molecular weight is 426 g/mol. The molecule has 2 aliphatic carbocycles. The second-order valence-electron chi connectivity index (χ2n) is 8.45. The number of carbonyl (C=O) groups is 3. The van der Waals surface area contributed by atoms with Gasteiger partial charge in [0.05, 0.1) is 30.3 Å². The summed E-state index contributed by atoms with van der Waals surface area (Å²) in [5.41, 5.74) is 2.53. The highest BCUT2D eigenvalue weighted by Gasteiger charge is 2.57. The molecular formula is C22H26N4O5. The molecule has 2 aromatic rings. The Morgan fingerprint density at radius 1 is 1.23 bits per heavy atom. The lowest BCUT2D eigenvalue weighted by molar-refractivity contribution is -0.148. The van der Waals surface area contributed by atoms with E-state index in [0.717, 1.165) is 24.0 Å². The van der Waals surface area contributed by atoms with Crippen LogP contribution in [0, 0.1) is 23.7 Å². The zero-order valence-electron chi connectivity index (χ0n) is 17.7. The number of rotatable bonds is 6. The third-order valence-corrected chi connectivity index (χ3v) is 6.31. The lowest BCUT2D eigenvalue weighted by Crippen LogP contribution is -2.38. The van der Waals surface area contributed by atoms with Gasteiger partial charge in [-0.05, 0) is 50.7 Å². The van der Waals surface area contributed by atoms with E-state index in [1.54, 1.807) is 25.4 Å². The molecule has 0 aromatic carbocycles. The Bertz CT molecular complexity index is 1050. The molecule has 9 nitrogen and oxygen atoms in total. The molecule has 0 unspecified atom stereocenters. The van der Waals surface area contributed by atoms with E-state index in [4.69, 9.17) is 4.42 Å². The van der Waals surface area contributed by atoms with Gasteiger partial charge < -0.3 is 20.2 Å². The van der Waals surface area contributed by atoms with Gasteiger partial charge in [-0.2, -0.15) is 5.10 Å². The molecule has 2 fully saturated rings. The first kappa shape index (κ1) is 20.9. The van der Waals surface area contributed by atoms with E-state index in [1.165, 1.54) is 10.9 Å². The molecular weight excluding hydrogens is 400 g/mol. The molecule has 164 valence electrons. The summed E-state index contributed by atoms with van der Waals surface area (Å²) >= 11 is 0. The summed E-state index contributed by atoms with van der Waals surface area (Å²) in [5.74, 6) is -2.80. The van der Waals surface area contributed by atoms with Gasteiger partial charge in [0.15, 0.2) is 5.69 Å². The van der Waals surface area contributed by atoms with Crippen LogP contribution in [0.4, 0.5) is 5.69 Å². The predicted molar refractivity (Wildman–Crippen MR) is 111 cm³/mol. The van der Waals surface area contributed by atoms with Crippen LogP contribution in [0.5, 0.6) is 0 Å². The Kier molecular flexibility index (Phi) is 5.43. The molecule has 0 spiro atoms. The fourth-order valence-electron chi connectivity index (χ4n) is 5.23. The Morgan fingerprint density at radius 2 is 1.94 bits per heavy atom. The Morgan fingerprint density at radius 3 is 2.55 bits per heavy atom. The number of anilines is 1. The quantitative estimate of drug-likeness (QED) is 0.610. The number of nitrogens with zero attached hydrogens (tertiary/aromatic N) is 2. The molecule has 3 N–H and O–H groups in total. The Labute approximate surface area is 179 Å². The number of carboxylic acids is 1. The maximum Gasteiger partial charge on any atom is 0.307 e. The molecule has 0 aliphatic heterocycles. The van der Waals surface area contributed by atoms with Gasteiger partial charge in [0.1, 0.15) is 5.76 Å². The summed E-state index contributed by atoms with van der Waals surface area (Å²) in [5, 5.41) is 19.5. The van der Waals surface area contributed by atoms with Crippen molar-refractivity contribution in [3.63, 3.8) is 0 Å². The predicted octanol–water partition coefficient (Wildman–Crippen LogP) is 2.57. The standard InChI is InChI=1S/C22H26N4O5/c1-11(2)16-13-6-7-14(16)18(22(29)30)17(13)20(27)24-15-10-26(3)25-19(15)21(28)23-9-12-5-4-8-31-12/h4-5,8,10,13-14,17-18H,6-7,9H2,1-3H3,(H,23,28)(H,24,27)(H,29,30)/t13-,14+,17-,18+/m1/s1. The van der Waals surface area contributed by atoms with Crippen molar-refractivity contribution in [2.75, 3.05) is 5.32 Å². The van der Waals surface area contributed by atoms with Crippen LogP contribution in [0.15, 0.2) is 40.2 Å². The second kappa shape index (κ2) is 8.05. The van der Waals surface area contributed by atoms with Crippen molar-refractivity contribution >= 4 is 23.5 Å². The topological polar surface area (TPSA) is 126 Å². The maximum atomic E-state index is 13.2. The van der Waals surface area contributed by atoms with E-state index in [0.29, 0.717) is 5.76 Å². The van der Waals surface area contributed by atoms with Gasteiger partial charge in [-0.15, -0.1) is 0 Å². The molecule has 2 saturated carbocycles. The highest BCUT2D eigenvalue weighted by Crippen LogP contribution is 2.57. The van der Waals surface area contributed by atoms with Crippen LogP contribution in [0.1, 0.15) is 42.9 Å². The monoisotopic (exact) mass is 426 g/mol. The molecule has 2 heterocycles. The Hall–Kier alpha value is -3.36.